The summed E-state index contributed by atoms with van der Waals surface area (Å²) in [6.07, 6.45) is 9.68. The number of nitrogens with zero attached hydrogens (tertiary/aromatic N) is 4. The summed E-state index contributed by atoms with van der Waals surface area (Å²) < 4.78 is 0. The lowest BCUT2D eigenvalue weighted by atomic mass is 10.0. The zero-order valence-corrected chi connectivity index (χ0v) is 13.4. The third-order valence-electron chi connectivity index (χ3n) is 4.92. The van der Waals surface area contributed by atoms with Gasteiger partial charge in [0.05, 0.1) is 24.3 Å². The average Bonchev–Trinajstić information content (AvgIpc) is 3.49. The quantitative estimate of drug-likeness (QED) is 0.809. The van der Waals surface area contributed by atoms with E-state index in [2.05, 4.69) is 26.1 Å². The maximum atomic E-state index is 12.5. The second kappa shape index (κ2) is 5.55. The van der Waals surface area contributed by atoms with Crippen LogP contribution in [0.4, 0.5) is 0 Å². The van der Waals surface area contributed by atoms with Crippen LogP contribution in [0.25, 0.3) is 0 Å². The van der Waals surface area contributed by atoms with Crippen molar-refractivity contribution in [2.45, 2.75) is 63.2 Å². The zero-order chi connectivity index (χ0) is 16.7. The van der Waals surface area contributed by atoms with Gasteiger partial charge >= 0.3 is 0 Å². The molecule has 0 aromatic carbocycles. The van der Waals surface area contributed by atoms with Crippen LogP contribution in [-0.4, -0.2) is 26.4 Å². The molecule has 1 aromatic heterocycles. The Morgan fingerprint density at radius 2 is 2.12 bits per heavy atom. The minimum Gasteiger partial charge on any atom is -0.332 e. The van der Waals surface area contributed by atoms with Gasteiger partial charge < -0.3 is 9.88 Å². The fourth-order valence-electron chi connectivity index (χ4n) is 3.14. The number of terminal acetylenes is 1. The molecule has 3 aliphatic rings. The molecule has 2 aliphatic heterocycles. The normalized spacial score (nSPS) is 19.9. The third kappa shape index (κ3) is 2.84. The van der Waals surface area contributed by atoms with Crippen molar-refractivity contribution in [2.75, 3.05) is 0 Å². The van der Waals surface area contributed by atoms with Crippen LogP contribution >= 0.6 is 0 Å². The molecular weight excluding hydrogens is 306 g/mol. The first-order valence-corrected chi connectivity index (χ1v) is 8.37. The van der Waals surface area contributed by atoms with Gasteiger partial charge in [-0.15, -0.1) is 12.3 Å². The van der Waals surface area contributed by atoms with Crippen molar-refractivity contribution in [3.63, 3.8) is 0 Å². The number of aromatic nitrogens is 2. The van der Waals surface area contributed by atoms with Crippen molar-refractivity contribution in [3.8, 4) is 12.3 Å². The Labute approximate surface area is 139 Å². The highest BCUT2D eigenvalue weighted by molar-refractivity contribution is 5.77. The molecule has 1 amide bonds. The van der Waals surface area contributed by atoms with Gasteiger partial charge in [0.15, 0.2) is 5.66 Å². The predicted octanol–water partition coefficient (Wildman–Crippen LogP) is 1.85. The van der Waals surface area contributed by atoms with Gasteiger partial charge in [-0.1, -0.05) is 0 Å². The number of aromatic amines is 1. The van der Waals surface area contributed by atoms with Gasteiger partial charge in [0, 0.05) is 31.6 Å². The van der Waals surface area contributed by atoms with E-state index < -0.39 is 5.66 Å². The van der Waals surface area contributed by atoms with E-state index in [1.807, 2.05) is 0 Å². The van der Waals surface area contributed by atoms with Gasteiger partial charge in [-0.2, -0.15) is 10.2 Å². The molecule has 0 spiro atoms. The molecule has 1 N–H and O–H groups in total. The smallest absolute Gasteiger partial charge is 0.256 e. The summed E-state index contributed by atoms with van der Waals surface area (Å²) in [7, 11) is 0. The highest BCUT2D eigenvalue weighted by Crippen LogP contribution is 2.39. The second-order valence-corrected chi connectivity index (χ2v) is 6.79. The maximum Gasteiger partial charge on any atom is 0.256 e. The lowest BCUT2D eigenvalue weighted by molar-refractivity contribution is -0.132. The van der Waals surface area contributed by atoms with Crippen LogP contribution in [0, 0.1) is 12.3 Å². The van der Waals surface area contributed by atoms with Crippen LogP contribution in [0.3, 0.4) is 0 Å². The van der Waals surface area contributed by atoms with Crippen molar-refractivity contribution in [3.05, 3.63) is 27.4 Å². The number of carbonyl (C=O) groups is 1. The monoisotopic (exact) mass is 325 g/mol. The van der Waals surface area contributed by atoms with E-state index in [0.29, 0.717) is 50.3 Å². The van der Waals surface area contributed by atoms with E-state index in [1.165, 1.54) is 0 Å². The van der Waals surface area contributed by atoms with Gasteiger partial charge in [-0.3, -0.25) is 9.59 Å². The molecule has 0 unspecified atom stereocenters. The Hall–Kier alpha value is -2.49. The molecule has 1 fully saturated rings. The van der Waals surface area contributed by atoms with E-state index in [4.69, 9.17) is 6.42 Å². The Kier molecular flexibility index (Phi) is 3.48. The van der Waals surface area contributed by atoms with E-state index in [0.717, 1.165) is 24.4 Å². The van der Waals surface area contributed by atoms with Crippen LogP contribution in [0.1, 0.15) is 61.5 Å². The minimum atomic E-state index is -0.441. The first-order chi connectivity index (χ1) is 11.6. The van der Waals surface area contributed by atoms with E-state index in [1.54, 1.807) is 4.90 Å². The van der Waals surface area contributed by atoms with Crippen LogP contribution < -0.4 is 5.56 Å². The second-order valence-electron chi connectivity index (χ2n) is 6.79. The molecule has 3 heterocycles. The molecule has 4 rings (SSSR count). The fraction of sp³-hybridized carbons (Fsp3) is 0.588. The number of rotatable bonds is 6. The molecule has 1 aliphatic carbocycles. The molecule has 7 heteroatoms. The summed E-state index contributed by atoms with van der Waals surface area (Å²) in [5.74, 6) is 3.76. The van der Waals surface area contributed by atoms with Gasteiger partial charge in [0.2, 0.25) is 5.91 Å². The average molecular weight is 325 g/mol. The fourth-order valence-corrected chi connectivity index (χ4v) is 3.14. The van der Waals surface area contributed by atoms with Gasteiger partial charge in [0.1, 0.15) is 5.82 Å². The van der Waals surface area contributed by atoms with Crippen molar-refractivity contribution in [1.82, 2.24) is 14.9 Å². The number of hydrogen-bond acceptors (Lipinski definition) is 5. The van der Waals surface area contributed by atoms with Crippen molar-refractivity contribution in [2.24, 2.45) is 10.2 Å². The van der Waals surface area contributed by atoms with Gasteiger partial charge in [0.25, 0.3) is 5.56 Å². The minimum absolute atomic E-state index is 0.0118. The largest absolute Gasteiger partial charge is 0.332 e. The van der Waals surface area contributed by atoms with Crippen molar-refractivity contribution in [1.29, 1.82) is 0 Å². The van der Waals surface area contributed by atoms with Crippen LogP contribution in [0.5, 0.6) is 0 Å². The first kappa shape index (κ1) is 15.1. The van der Waals surface area contributed by atoms with Crippen molar-refractivity contribution < 1.29 is 4.79 Å². The van der Waals surface area contributed by atoms with Crippen LogP contribution in [0.15, 0.2) is 15.0 Å². The lowest BCUT2D eigenvalue weighted by Gasteiger charge is -2.16. The number of H-pyrrole nitrogens is 1. The van der Waals surface area contributed by atoms with Crippen molar-refractivity contribution >= 4 is 5.91 Å². The van der Waals surface area contributed by atoms with E-state index in [-0.39, 0.29) is 11.5 Å². The molecule has 24 heavy (non-hydrogen) atoms. The molecule has 7 nitrogen and oxygen atoms in total. The van der Waals surface area contributed by atoms with Gasteiger partial charge in [-0.25, -0.2) is 4.98 Å². The number of carbonyl (C=O) groups excluding carboxylic acids is 1. The molecule has 0 saturated heterocycles. The summed E-state index contributed by atoms with van der Waals surface area (Å²) in [6, 6.07) is 0. The molecule has 0 atom stereocenters. The highest BCUT2D eigenvalue weighted by atomic mass is 16.2. The Morgan fingerprint density at radius 3 is 2.79 bits per heavy atom. The van der Waals surface area contributed by atoms with Gasteiger partial charge in [-0.05, 0) is 12.8 Å². The molecule has 0 radical (unpaired) electrons. The Balaban J connectivity index is 1.38. The summed E-state index contributed by atoms with van der Waals surface area (Å²) in [5.41, 5.74) is 0.825. The summed E-state index contributed by atoms with van der Waals surface area (Å²) in [6.45, 7) is 0.760. The molecule has 1 saturated carbocycles. The molecule has 0 bridgehead atoms. The first-order valence-electron chi connectivity index (χ1n) is 8.37. The maximum absolute atomic E-state index is 12.5. The number of amides is 1. The number of nitrogens with one attached hydrogen (secondary N) is 1. The Bertz CT molecular complexity index is 809. The third-order valence-corrected chi connectivity index (χ3v) is 4.92. The Morgan fingerprint density at radius 1 is 1.33 bits per heavy atom. The summed E-state index contributed by atoms with van der Waals surface area (Å²) >= 11 is 0. The molecular formula is C17H19N5O2. The SMILES string of the molecule is C#CCCC1(CCC(=O)N2Cc3nc(C4CC4)[nH]c(=O)c3C2)N=N1. The number of fused-ring (bicyclic) bond motifs is 1. The van der Waals surface area contributed by atoms with Crippen LogP contribution in [0.2, 0.25) is 0 Å². The molecule has 1 aromatic rings. The van der Waals surface area contributed by atoms with Crippen LogP contribution in [-0.2, 0) is 17.9 Å². The highest BCUT2D eigenvalue weighted by Gasteiger charge is 2.40. The summed E-state index contributed by atoms with van der Waals surface area (Å²) in [5, 5.41) is 8.11. The zero-order valence-electron chi connectivity index (χ0n) is 13.4. The topological polar surface area (TPSA) is 90.8 Å². The lowest BCUT2D eigenvalue weighted by Crippen LogP contribution is -2.27. The predicted molar refractivity (Wildman–Crippen MR) is 86.0 cm³/mol. The molecule has 124 valence electrons. The standard InChI is InChI=1S/C17H19N5O2/c1-2-3-7-17(20-21-17)8-6-14(23)22-9-12-13(10-22)18-15(11-4-5-11)19-16(12)24/h1,11H,3-10H2,(H,18,19,24). The van der Waals surface area contributed by atoms with E-state index in [9.17, 15) is 9.59 Å². The number of hydrogen-bond donors (Lipinski definition) is 1. The summed E-state index contributed by atoms with van der Waals surface area (Å²) in [4.78, 5) is 33.8. The van der Waals surface area contributed by atoms with E-state index >= 15 is 0 Å².